The first-order valence-electron chi connectivity index (χ1n) is 11.8. The zero-order valence-corrected chi connectivity index (χ0v) is 20.5. The molecule has 0 aliphatic carbocycles. The van der Waals surface area contributed by atoms with Crippen molar-refractivity contribution in [2.45, 2.75) is 19.9 Å². The third-order valence-electron chi connectivity index (χ3n) is 5.47. The molecule has 1 saturated heterocycles. The van der Waals surface area contributed by atoms with E-state index in [2.05, 4.69) is 15.5 Å². The molecule has 10 heteroatoms. The van der Waals surface area contributed by atoms with Gasteiger partial charge in [-0.05, 0) is 44.2 Å². The smallest absolute Gasteiger partial charge is 0.258 e. The molecule has 5 N–H and O–H groups in total. The number of ether oxygens (including phenoxy) is 2. The molecule has 4 rings (SSSR count). The summed E-state index contributed by atoms with van der Waals surface area (Å²) in [6.45, 7) is 6.44. The lowest BCUT2D eigenvalue weighted by molar-refractivity contribution is -0.123. The van der Waals surface area contributed by atoms with E-state index in [0.29, 0.717) is 41.9 Å². The Kier molecular flexibility index (Phi) is 7.96. The van der Waals surface area contributed by atoms with Gasteiger partial charge in [-0.3, -0.25) is 4.79 Å². The number of rotatable bonds is 9. The van der Waals surface area contributed by atoms with Crippen LogP contribution in [0.5, 0.6) is 5.75 Å². The van der Waals surface area contributed by atoms with Gasteiger partial charge in [0.05, 0.1) is 13.2 Å². The van der Waals surface area contributed by atoms with Gasteiger partial charge in [0.2, 0.25) is 0 Å². The summed E-state index contributed by atoms with van der Waals surface area (Å²) in [7, 11) is 0. The minimum Gasteiger partial charge on any atom is -0.484 e. The minimum atomic E-state index is -0.180. The summed E-state index contributed by atoms with van der Waals surface area (Å²) >= 11 is 0. The molecule has 1 aromatic heterocycles. The van der Waals surface area contributed by atoms with Crippen LogP contribution in [0.1, 0.15) is 19.4 Å². The van der Waals surface area contributed by atoms with Crippen LogP contribution in [-0.4, -0.2) is 61.0 Å². The molecule has 3 aromatic rings. The van der Waals surface area contributed by atoms with Gasteiger partial charge in [-0.2, -0.15) is 0 Å². The summed E-state index contributed by atoms with van der Waals surface area (Å²) < 4.78 is 11.2. The van der Waals surface area contributed by atoms with E-state index in [1.54, 1.807) is 18.2 Å². The molecule has 1 aliphatic rings. The Morgan fingerprint density at radius 2 is 2.00 bits per heavy atom. The van der Waals surface area contributed by atoms with Crippen LogP contribution in [0.4, 0.5) is 23.0 Å². The fourth-order valence-electron chi connectivity index (χ4n) is 3.74. The number of aromatic nitrogens is 2. The molecule has 0 atom stereocenters. The number of nitrogens with two attached hydrogens (primary N) is 1. The Hall–Kier alpha value is -4.18. The van der Waals surface area contributed by atoms with Gasteiger partial charge < -0.3 is 36.2 Å². The van der Waals surface area contributed by atoms with Crippen LogP contribution in [0.3, 0.4) is 0 Å². The Morgan fingerprint density at radius 3 is 2.75 bits per heavy atom. The van der Waals surface area contributed by atoms with E-state index in [9.17, 15) is 4.79 Å². The first-order chi connectivity index (χ1) is 17.4. The van der Waals surface area contributed by atoms with Crippen molar-refractivity contribution < 1.29 is 14.3 Å². The quantitative estimate of drug-likeness (QED) is 0.265. The average molecular weight is 490 g/mol. The van der Waals surface area contributed by atoms with E-state index in [4.69, 9.17) is 30.6 Å². The number of anilines is 4. The minimum absolute atomic E-state index is 0.0471. The van der Waals surface area contributed by atoms with Gasteiger partial charge in [0.1, 0.15) is 17.4 Å². The van der Waals surface area contributed by atoms with Crippen molar-refractivity contribution in [3.8, 4) is 17.1 Å². The van der Waals surface area contributed by atoms with Crippen LogP contribution in [0.25, 0.3) is 11.4 Å². The van der Waals surface area contributed by atoms with Crippen molar-refractivity contribution in [2.24, 2.45) is 0 Å². The molecule has 1 fully saturated rings. The Balaban J connectivity index is 1.63. The molecule has 1 aliphatic heterocycles. The maximum atomic E-state index is 12.0. The van der Waals surface area contributed by atoms with Crippen LogP contribution in [0.15, 0.2) is 48.5 Å². The summed E-state index contributed by atoms with van der Waals surface area (Å²) in [5, 5.41) is 13.7. The number of nitrogens with one attached hydrogen (secondary N) is 3. The number of amides is 1. The van der Waals surface area contributed by atoms with Gasteiger partial charge in [-0.25, -0.2) is 9.97 Å². The van der Waals surface area contributed by atoms with Crippen molar-refractivity contribution in [3.63, 3.8) is 0 Å². The zero-order valence-electron chi connectivity index (χ0n) is 20.5. The highest BCUT2D eigenvalue weighted by molar-refractivity contribution is 5.87. The van der Waals surface area contributed by atoms with Crippen molar-refractivity contribution >= 4 is 35.1 Å². The third-order valence-corrected chi connectivity index (χ3v) is 5.47. The lowest BCUT2D eigenvalue weighted by atomic mass is 10.1. The Bertz CT molecular complexity index is 1230. The second-order valence-corrected chi connectivity index (χ2v) is 8.69. The summed E-state index contributed by atoms with van der Waals surface area (Å²) in [6, 6.07) is 14.7. The monoisotopic (exact) mass is 489 g/mol. The van der Waals surface area contributed by atoms with E-state index in [-0.39, 0.29) is 18.6 Å². The van der Waals surface area contributed by atoms with Crippen LogP contribution < -0.4 is 26.0 Å². The highest BCUT2D eigenvalue weighted by Crippen LogP contribution is 2.28. The molecular formula is C26H31N7O3. The number of hydrogen-bond acceptors (Lipinski definition) is 9. The number of morpholine rings is 1. The van der Waals surface area contributed by atoms with E-state index in [0.717, 1.165) is 30.2 Å². The third kappa shape index (κ3) is 6.48. The standard InChI is InChI=1S/C26H31N7O3/c1-17(2)29-25(34)16-36-21-5-3-4-18(13-21)26-31-23(14-24(32-26)33-8-10-35-11-9-33)30-20-6-7-22(28)19(12-20)15-27/h3-7,12-15,17,27H,8-11,16,28H2,1-2H3,(H,29,34)(H,30,31,32). The maximum absolute atomic E-state index is 12.0. The highest BCUT2D eigenvalue weighted by Gasteiger charge is 2.17. The molecule has 0 bridgehead atoms. The van der Waals surface area contributed by atoms with Crippen molar-refractivity contribution in [1.82, 2.24) is 15.3 Å². The van der Waals surface area contributed by atoms with Crippen LogP contribution in [0, 0.1) is 5.41 Å². The maximum Gasteiger partial charge on any atom is 0.258 e. The van der Waals surface area contributed by atoms with Gasteiger partial charge in [-0.1, -0.05) is 12.1 Å². The first-order valence-corrected chi connectivity index (χ1v) is 11.8. The van der Waals surface area contributed by atoms with E-state index in [1.807, 2.05) is 44.2 Å². The van der Waals surface area contributed by atoms with E-state index >= 15 is 0 Å². The van der Waals surface area contributed by atoms with Crippen molar-refractivity contribution in [2.75, 3.05) is 48.9 Å². The Morgan fingerprint density at radius 1 is 1.19 bits per heavy atom. The molecule has 1 amide bonds. The largest absolute Gasteiger partial charge is 0.484 e. The molecule has 0 radical (unpaired) electrons. The molecule has 0 spiro atoms. The van der Waals surface area contributed by atoms with Crippen LogP contribution in [-0.2, 0) is 9.53 Å². The molecule has 10 nitrogen and oxygen atoms in total. The number of carbonyl (C=O) groups excluding carboxylic acids is 1. The van der Waals surface area contributed by atoms with Crippen molar-refractivity contribution in [3.05, 3.63) is 54.1 Å². The number of hydrogen-bond donors (Lipinski definition) is 4. The van der Waals surface area contributed by atoms with Gasteiger partial charge >= 0.3 is 0 Å². The van der Waals surface area contributed by atoms with Crippen molar-refractivity contribution in [1.29, 1.82) is 5.41 Å². The predicted octanol–water partition coefficient (Wildman–Crippen LogP) is 3.21. The Labute approximate surface area is 210 Å². The average Bonchev–Trinajstić information content (AvgIpc) is 2.89. The van der Waals surface area contributed by atoms with Gasteiger partial charge in [0.15, 0.2) is 12.4 Å². The highest BCUT2D eigenvalue weighted by atomic mass is 16.5. The zero-order chi connectivity index (χ0) is 25.5. The first kappa shape index (κ1) is 24.9. The molecule has 2 aromatic carbocycles. The SMILES string of the molecule is CC(C)NC(=O)COc1cccc(-c2nc(Nc3ccc(N)c(C=N)c3)cc(N3CCOCC3)n2)c1. The summed E-state index contributed by atoms with van der Waals surface area (Å²) in [5.74, 6) is 2.26. The molecule has 0 unspecified atom stereocenters. The number of nitrogens with zero attached hydrogens (tertiary/aromatic N) is 3. The summed E-state index contributed by atoms with van der Waals surface area (Å²) in [5.41, 5.74) is 8.60. The number of nitrogen functional groups attached to an aromatic ring is 1. The lowest BCUT2D eigenvalue weighted by Crippen LogP contribution is -2.36. The topological polar surface area (TPSA) is 138 Å². The predicted molar refractivity (Wildman–Crippen MR) is 141 cm³/mol. The summed E-state index contributed by atoms with van der Waals surface area (Å²) in [4.78, 5) is 23.7. The molecule has 188 valence electrons. The molecule has 2 heterocycles. The van der Waals surface area contributed by atoms with Gasteiger partial charge in [-0.15, -0.1) is 0 Å². The summed E-state index contributed by atoms with van der Waals surface area (Å²) in [6.07, 6.45) is 1.22. The van der Waals surface area contributed by atoms with Crippen LogP contribution >= 0.6 is 0 Å². The second kappa shape index (κ2) is 11.5. The van der Waals surface area contributed by atoms with Gasteiger partial charge in [0.25, 0.3) is 5.91 Å². The van der Waals surface area contributed by atoms with E-state index in [1.165, 1.54) is 6.21 Å². The molecular weight excluding hydrogens is 458 g/mol. The normalized spacial score (nSPS) is 13.4. The van der Waals surface area contributed by atoms with E-state index < -0.39 is 0 Å². The lowest BCUT2D eigenvalue weighted by Gasteiger charge is -2.28. The molecule has 36 heavy (non-hydrogen) atoms. The number of carbonyl (C=O) groups is 1. The molecule has 0 saturated carbocycles. The fourth-order valence-corrected chi connectivity index (χ4v) is 3.74. The van der Waals surface area contributed by atoms with Gasteiger partial charge in [0, 0.05) is 53.9 Å². The number of benzene rings is 2. The fraction of sp³-hybridized carbons (Fsp3) is 0.308. The van der Waals surface area contributed by atoms with Crippen LogP contribution in [0.2, 0.25) is 0 Å². The second-order valence-electron chi connectivity index (χ2n) is 8.69.